The number of nitrogens with one attached hydrogen (secondary N) is 3. The molecule has 0 amide bonds. The molecule has 5 nitrogen and oxygen atoms in total. The smallest absolute Gasteiger partial charge is 0.171 e. The number of nitrogens with zero attached hydrogens (tertiary/aromatic N) is 1. The van der Waals surface area contributed by atoms with Crippen molar-refractivity contribution in [2.45, 2.75) is 13.5 Å². The first-order chi connectivity index (χ1) is 9.15. The molecule has 6 heteroatoms. The second-order valence-corrected chi connectivity index (χ2v) is 4.43. The number of carbonyl (C=O) groups is 1. The van der Waals surface area contributed by atoms with Gasteiger partial charge >= 0.3 is 0 Å². The van der Waals surface area contributed by atoms with E-state index in [1.807, 2.05) is 18.2 Å². The molecular formula is C13H14N4OS. The van der Waals surface area contributed by atoms with Crippen LogP contribution in [0.3, 0.4) is 0 Å². The van der Waals surface area contributed by atoms with Crippen molar-refractivity contribution in [3.8, 4) is 0 Å². The number of rotatable bonds is 4. The van der Waals surface area contributed by atoms with Gasteiger partial charge in [-0.1, -0.05) is 0 Å². The molecule has 3 N–H and O–H groups in total. The zero-order chi connectivity index (χ0) is 13.7. The molecule has 0 aliphatic rings. The van der Waals surface area contributed by atoms with Crippen LogP contribution in [-0.2, 0) is 6.54 Å². The second kappa shape index (κ2) is 6.10. The summed E-state index contributed by atoms with van der Waals surface area (Å²) in [7, 11) is 0. The van der Waals surface area contributed by atoms with Gasteiger partial charge in [0.05, 0.1) is 12.2 Å². The number of hydrogen-bond donors (Lipinski definition) is 3. The molecule has 0 bridgehead atoms. The van der Waals surface area contributed by atoms with Crippen molar-refractivity contribution in [2.24, 2.45) is 0 Å². The number of H-pyrrole nitrogens is 1. The van der Waals surface area contributed by atoms with Crippen LogP contribution in [-0.4, -0.2) is 21.1 Å². The number of thiocarbonyl (C=S) groups is 1. The summed E-state index contributed by atoms with van der Waals surface area (Å²) in [6.07, 6.45) is 1.69. The minimum Gasteiger partial charge on any atom is -0.357 e. The van der Waals surface area contributed by atoms with Crippen LogP contribution in [0.1, 0.15) is 23.0 Å². The van der Waals surface area contributed by atoms with Crippen molar-refractivity contribution < 1.29 is 4.79 Å². The summed E-state index contributed by atoms with van der Waals surface area (Å²) in [5, 5.41) is 13.3. The fourth-order valence-electron chi connectivity index (χ4n) is 1.52. The van der Waals surface area contributed by atoms with Gasteiger partial charge in [0.25, 0.3) is 0 Å². The third kappa shape index (κ3) is 3.89. The first kappa shape index (κ1) is 13.2. The highest BCUT2D eigenvalue weighted by molar-refractivity contribution is 7.80. The monoisotopic (exact) mass is 274 g/mol. The SMILES string of the molecule is CC(=O)c1ccc(NC(=S)NCc2ccn[nH]2)cc1. The summed E-state index contributed by atoms with van der Waals surface area (Å²) in [6.45, 7) is 2.12. The predicted molar refractivity (Wildman–Crippen MR) is 78.1 cm³/mol. The Balaban J connectivity index is 1.86. The Bertz CT molecular complexity index is 563. The van der Waals surface area contributed by atoms with Gasteiger partial charge in [0.1, 0.15) is 0 Å². The molecule has 1 aromatic heterocycles. The molecule has 0 fully saturated rings. The Morgan fingerprint density at radius 3 is 2.63 bits per heavy atom. The van der Waals surface area contributed by atoms with Gasteiger partial charge in [0, 0.05) is 17.4 Å². The summed E-state index contributed by atoms with van der Waals surface area (Å²) in [6, 6.07) is 9.05. The molecule has 98 valence electrons. The maximum Gasteiger partial charge on any atom is 0.171 e. The van der Waals surface area contributed by atoms with E-state index in [0.717, 1.165) is 11.4 Å². The highest BCUT2D eigenvalue weighted by Gasteiger charge is 2.01. The molecule has 1 aromatic carbocycles. The Labute approximate surface area is 116 Å². The van der Waals surface area contributed by atoms with Crippen molar-refractivity contribution in [1.82, 2.24) is 15.5 Å². The molecule has 2 aromatic rings. The van der Waals surface area contributed by atoms with E-state index < -0.39 is 0 Å². The molecule has 0 saturated heterocycles. The van der Waals surface area contributed by atoms with E-state index in [1.54, 1.807) is 25.3 Å². The van der Waals surface area contributed by atoms with Gasteiger partial charge in [-0.2, -0.15) is 5.10 Å². The Hall–Kier alpha value is -2.21. The summed E-state index contributed by atoms with van der Waals surface area (Å²) in [4.78, 5) is 11.1. The summed E-state index contributed by atoms with van der Waals surface area (Å²) in [5.74, 6) is 0.0477. The number of ketones is 1. The highest BCUT2D eigenvalue weighted by atomic mass is 32.1. The number of Topliss-reactive ketones (excluding diaryl/α,β-unsaturated/α-hetero) is 1. The maximum atomic E-state index is 11.1. The van der Waals surface area contributed by atoms with Crippen LogP contribution < -0.4 is 10.6 Å². The van der Waals surface area contributed by atoms with E-state index in [9.17, 15) is 4.79 Å². The molecule has 19 heavy (non-hydrogen) atoms. The average Bonchev–Trinajstić information content (AvgIpc) is 2.90. The van der Waals surface area contributed by atoms with Crippen LogP contribution in [0, 0.1) is 0 Å². The van der Waals surface area contributed by atoms with Crippen LogP contribution in [0.15, 0.2) is 36.5 Å². The molecule has 0 radical (unpaired) electrons. The maximum absolute atomic E-state index is 11.1. The lowest BCUT2D eigenvalue weighted by atomic mass is 10.1. The van der Waals surface area contributed by atoms with E-state index in [2.05, 4.69) is 20.8 Å². The third-order valence-electron chi connectivity index (χ3n) is 2.55. The van der Waals surface area contributed by atoms with E-state index in [-0.39, 0.29) is 5.78 Å². The highest BCUT2D eigenvalue weighted by Crippen LogP contribution is 2.09. The summed E-state index contributed by atoms with van der Waals surface area (Å²) in [5.41, 5.74) is 2.48. The molecule has 2 rings (SSSR count). The van der Waals surface area contributed by atoms with E-state index in [0.29, 0.717) is 17.2 Å². The van der Waals surface area contributed by atoms with E-state index in [1.165, 1.54) is 0 Å². The van der Waals surface area contributed by atoms with Gasteiger partial charge in [0.2, 0.25) is 0 Å². The Morgan fingerprint density at radius 1 is 1.32 bits per heavy atom. The number of benzene rings is 1. The molecule has 0 atom stereocenters. The second-order valence-electron chi connectivity index (χ2n) is 4.02. The Kier molecular flexibility index (Phi) is 4.25. The van der Waals surface area contributed by atoms with Gasteiger partial charge < -0.3 is 10.6 Å². The number of anilines is 1. The minimum absolute atomic E-state index is 0.0477. The Morgan fingerprint density at radius 2 is 2.05 bits per heavy atom. The molecule has 1 heterocycles. The van der Waals surface area contributed by atoms with E-state index >= 15 is 0 Å². The van der Waals surface area contributed by atoms with Crippen LogP contribution in [0.25, 0.3) is 0 Å². The van der Waals surface area contributed by atoms with Gasteiger partial charge in [-0.25, -0.2) is 0 Å². The number of aromatic nitrogens is 2. The third-order valence-corrected chi connectivity index (χ3v) is 2.79. The van der Waals surface area contributed by atoms with E-state index in [4.69, 9.17) is 12.2 Å². The average molecular weight is 274 g/mol. The van der Waals surface area contributed by atoms with Crippen molar-refractivity contribution in [3.63, 3.8) is 0 Å². The fraction of sp³-hybridized carbons (Fsp3) is 0.154. The minimum atomic E-state index is 0.0477. The topological polar surface area (TPSA) is 69.8 Å². The zero-order valence-corrected chi connectivity index (χ0v) is 11.3. The standard InChI is InChI=1S/C13H14N4OS/c1-9(18)10-2-4-11(5-3-10)16-13(19)14-8-12-6-7-15-17-12/h2-7H,8H2,1H3,(H,15,17)(H2,14,16,19). The van der Waals surface area contributed by atoms with Crippen molar-refractivity contribution in [3.05, 3.63) is 47.8 Å². The normalized spacial score (nSPS) is 9.95. The zero-order valence-electron chi connectivity index (χ0n) is 10.4. The van der Waals surface area contributed by atoms with Crippen molar-refractivity contribution >= 4 is 28.8 Å². The fourth-order valence-corrected chi connectivity index (χ4v) is 1.71. The van der Waals surface area contributed by atoms with Crippen LogP contribution >= 0.6 is 12.2 Å². The van der Waals surface area contributed by atoms with Gasteiger partial charge in [-0.3, -0.25) is 9.89 Å². The number of aromatic amines is 1. The van der Waals surface area contributed by atoms with Crippen LogP contribution in [0.2, 0.25) is 0 Å². The number of carbonyl (C=O) groups excluding carboxylic acids is 1. The molecular weight excluding hydrogens is 260 g/mol. The van der Waals surface area contributed by atoms with Gasteiger partial charge in [-0.15, -0.1) is 0 Å². The molecule has 0 unspecified atom stereocenters. The lowest BCUT2D eigenvalue weighted by Gasteiger charge is -2.09. The molecule has 0 aliphatic carbocycles. The molecule has 0 aliphatic heterocycles. The first-order valence-electron chi connectivity index (χ1n) is 5.79. The largest absolute Gasteiger partial charge is 0.357 e. The van der Waals surface area contributed by atoms with Crippen molar-refractivity contribution in [1.29, 1.82) is 0 Å². The molecule has 0 saturated carbocycles. The quantitative estimate of drug-likeness (QED) is 0.588. The summed E-state index contributed by atoms with van der Waals surface area (Å²) < 4.78 is 0. The van der Waals surface area contributed by atoms with Crippen LogP contribution in [0.4, 0.5) is 5.69 Å². The predicted octanol–water partition coefficient (Wildman–Crippen LogP) is 2.10. The number of hydrogen-bond acceptors (Lipinski definition) is 3. The molecule has 0 spiro atoms. The lowest BCUT2D eigenvalue weighted by molar-refractivity contribution is 0.101. The van der Waals surface area contributed by atoms with Gasteiger partial charge in [0.15, 0.2) is 10.9 Å². The van der Waals surface area contributed by atoms with Crippen molar-refractivity contribution in [2.75, 3.05) is 5.32 Å². The first-order valence-corrected chi connectivity index (χ1v) is 6.20. The van der Waals surface area contributed by atoms with Gasteiger partial charge in [-0.05, 0) is 49.5 Å². The summed E-state index contributed by atoms with van der Waals surface area (Å²) >= 11 is 5.17. The van der Waals surface area contributed by atoms with Crippen LogP contribution in [0.5, 0.6) is 0 Å². The lowest BCUT2D eigenvalue weighted by Crippen LogP contribution is -2.28.